The molecular weight excluding hydrogens is 250 g/mol. The van der Waals surface area contributed by atoms with Gasteiger partial charge in [-0.1, -0.05) is 36.8 Å². The fourth-order valence-electron chi connectivity index (χ4n) is 2.44. The van der Waals surface area contributed by atoms with E-state index < -0.39 is 0 Å². The van der Waals surface area contributed by atoms with Crippen molar-refractivity contribution >= 4 is 5.91 Å². The number of aliphatic hydroxyl groups is 1. The molecule has 0 bridgehead atoms. The van der Waals surface area contributed by atoms with Gasteiger partial charge in [-0.25, -0.2) is 0 Å². The monoisotopic (exact) mass is 271 g/mol. The van der Waals surface area contributed by atoms with Crippen molar-refractivity contribution in [1.29, 1.82) is 0 Å². The molecule has 1 fully saturated rings. The van der Waals surface area contributed by atoms with E-state index in [2.05, 4.69) is 11.8 Å². The number of carbonyl (C=O) groups excluding carboxylic acids is 1. The van der Waals surface area contributed by atoms with Crippen LogP contribution in [0.25, 0.3) is 0 Å². The summed E-state index contributed by atoms with van der Waals surface area (Å²) in [6.07, 6.45) is 5.20. The molecule has 1 N–H and O–H groups in total. The van der Waals surface area contributed by atoms with Gasteiger partial charge in [0.15, 0.2) is 0 Å². The van der Waals surface area contributed by atoms with Crippen LogP contribution in [0.5, 0.6) is 0 Å². The molecule has 1 heterocycles. The molecule has 0 aromatic heterocycles. The Labute approximate surface area is 120 Å². The van der Waals surface area contributed by atoms with E-state index >= 15 is 0 Å². The van der Waals surface area contributed by atoms with Gasteiger partial charge >= 0.3 is 0 Å². The first-order valence-corrected chi connectivity index (χ1v) is 7.26. The van der Waals surface area contributed by atoms with Crippen molar-refractivity contribution in [3.8, 4) is 11.8 Å². The fraction of sp³-hybridized carbons (Fsp3) is 0.471. The Balaban J connectivity index is 1.98. The number of carbonyl (C=O) groups is 1. The average molecular weight is 271 g/mol. The highest BCUT2D eigenvalue weighted by Crippen LogP contribution is 2.15. The van der Waals surface area contributed by atoms with Crippen LogP contribution in [0.3, 0.4) is 0 Å². The van der Waals surface area contributed by atoms with Crippen molar-refractivity contribution in [2.24, 2.45) is 0 Å². The maximum Gasteiger partial charge on any atom is 0.222 e. The predicted octanol–water partition coefficient (Wildman–Crippen LogP) is 2.32. The van der Waals surface area contributed by atoms with Gasteiger partial charge in [0.25, 0.3) is 0 Å². The molecule has 106 valence electrons. The Morgan fingerprint density at radius 1 is 1.10 bits per heavy atom. The molecular formula is C17H21NO2. The van der Waals surface area contributed by atoms with Crippen LogP contribution < -0.4 is 0 Å². The normalized spacial score (nSPS) is 16.1. The third kappa shape index (κ3) is 4.40. The molecule has 1 amide bonds. The van der Waals surface area contributed by atoms with Crippen molar-refractivity contribution in [1.82, 2.24) is 4.90 Å². The first-order chi connectivity index (χ1) is 9.79. The Bertz CT molecular complexity index is 496. The number of benzene rings is 1. The second-order valence-electron chi connectivity index (χ2n) is 5.14. The second kappa shape index (κ2) is 7.72. The smallest absolute Gasteiger partial charge is 0.222 e. The third-order valence-corrected chi connectivity index (χ3v) is 3.56. The standard InChI is InChI=1S/C17H21NO2/c19-13-5-6-15-8-10-16(11-9-15)14-18-12-4-2-1-3-7-17(18)20/h8-11,19H,1-4,7,12-14H2. The lowest BCUT2D eigenvalue weighted by atomic mass is 10.1. The largest absolute Gasteiger partial charge is 0.384 e. The molecule has 0 atom stereocenters. The number of hydrogen-bond acceptors (Lipinski definition) is 2. The number of hydrogen-bond donors (Lipinski definition) is 1. The molecule has 0 radical (unpaired) electrons. The van der Waals surface area contributed by atoms with E-state index in [0.717, 1.165) is 30.5 Å². The van der Waals surface area contributed by atoms with Gasteiger partial charge in [-0.05, 0) is 30.5 Å². The molecule has 0 spiro atoms. The van der Waals surface area contributed by atoms with E-state index in [4.69, 9.17) is 5.11 Å². The van der Waals surface area contributed by atoms with Gasteiger partial charge in [-0.3, -0.25) is 4.79 Å². The first kappa shape index (κ1) is 14.6. The van der Waals surface area contributed by atoms with Crippen LogP contribution >= 0.6 is 0 Å². The fourth-order valence-corrected chi connectivity index (χ4v) is 2.44. The molecule has 1 aromatic rings. The summed E-state index contributed by atoms with van der Waals surface area (Å²) in [4.78, 5) is 14.0. The number of aliphatic hydroxyl groups excluding tert-OH is 1. The number of nitrogens with zero attached hydrogens (tertiary/aromatic N) is 1. The zero-order chi connectivity index (χ0) is 14.2. The van der Waals surface area contributed by atoms with Crippen LogP contribution in [0.2, 0.25) is 0 Å². The number of likely N-dealkylation sites (tertiary alicyclic amines) is 1. The average Bonchev–Trinajstić information content (AvgIpc) is 2.46. The van der Waals surface area contributed by atoms with Crippen LogP contribution in [0, 0.1) is 11.8 Å². The number of amides is 1. The zero-order valence-corrected chi connectivity index (χ0v) is 11.8. The first-order valence-electron chi connectivity index (χ1n) is 7.26. The summed E-state index contributed by atoms with van der Waals surface area (Å²) in [5.74, 6) is 5.77. The highest BCUT2D eigenvalue weighted by atomic mass is 16.2. The lowest BCUT2D eigenvalue weighted by Crippen LogP contribution is -2.32. The highest BCUT2D eigenvalue weighted by Gasteiger charge is 2.15. The zero-order valence-electron chi connectivity index (χ0n) is 11.8. The van der Waals surface area contributed by atoms with E-state index in [9.17, 15) is 4.79 Å². The molecule has 1 saturated heterocycles. The van der Waals surface area contributed by atoms with Gasteiger partial charge < -0.3 is 10.0 Å². The molecule has 3 nitrogen and oxygen atoms in total. The quantitative estimate of drug-likeness (QED) is 0.839. The SMILES string of the molecule is O=C1CCCCCCN1Cc1ccc(C#CCO)cc1. The molecule has 20 heavy (non-hydrogen) atoms. The summed E-state index contributed by atoms with van der Waals surface area (Å²) in [7, 11) is 0. The van der Waals surface area contributed by atoms with Crippen molar-refractivity contribution < 1.29 is 9.90 Å². The molecule has 1 aliphatic heterocycles. The Hall–Kier alpha value is -1.79. The molecule has 3 heteroatoms. The molecule has 2 rings (SSSR count). The molecule has 0 aliphatic carbocycles. The second-order valence-corrected chi connectivity index (χ2v) is 5.14. The minimum atomic E-state index is -0.121. The van der Waals surface area contributed by atoms with Crippen LogP contribution in [-0.4, -0.2) is 29.1 Å². The highest BCUT2D eigenvalue weighted by molar-refractivity contribution is 5.76. The van der Waals surface area contributed by atoms with E-state index in [1.807, 2.05) is 29.2 Å². The van der Waals surface area contributed by atoms with E-state index in [-0.39, 0.29) is 12.5 Å². The van der Waals surface area contributed by atoms with Gasteiger partial charge in [0.2, 0.25) is 5.91 Å². The summed E-state index contributed by atoms with van der Waals surface area (Å²) in [6.45, 7) is 1.43. The maximum absolute atomic E-state index is 12.1. The van der Waals surface area contributed by atoms with Gasteiger partial charge in [0.05, 0.1) is 0 Å². The van der Waals surface area contributed by atoms with Crippen molar-refractivity contribution in [3.63, 3.8) is 0 Å². The Morgan fingerprint density at radius 3 is 2.60 bits per heavy atom. The third-order valence-electron chi connectivity index (χ3n) is 3.56. The summed E-state index contributed by atoms with van der Waals surface area (Å²) < 4.78 is 0. The van der Waals surface area contributed by atoms with Crippen LogP contribution in [-0.2, 0) is 11.3 Å². The van der Waals surface area contributed by atoms with Gasteiger partial charge in [0.1, 0.15) is 6.61 Å². The predicted molar refractivity (Wildman–Crippen MR) is 78.9 cm³/mol. The van der Waals surface area contributed by atoms with Crippen molar-refractivity contribution in [2.75, 3.05) is 13.2 Å². The minimum Gasteiger partial charge on any atom is -0.384 e. The summed E-state index contributed by atoms with van der Waals surface area (Å²) in [5.41, 5.74) is 2.02. The minimum absolute atomic E-state index is 0.121. The van der Waals surface area contributed by atoms with E-state index in [1.54, 1.807) is 0 Å². The van der Waals surface area contributed by atoms with Gasteiger partial charge in [0, 0.05) is 25.1 Å². The van der Waals surface area contributed by atoms with Gasteiger partial charge in [-0.2, -0.15) is 0 Å². The summed E-state index contributed by atoms with van der Waals surface area (Å²) in [5, 5.41) is 8.66. The van der Waals surface area contributed by atoms with Crippen LogP contribution in [0.1, 0.15) is 43.2 Å². The number of rotatable bonds is 2. The molecule has 1 aliphatic rings. The molecule has 1 aromatic carbocycles. The van der Waals surface area contributed by atoms with Crippen LogP contribution in [0.15, 0.2) is 24.3 Å². The lowest BCUT2D eigenvalue weighted by molar-refractivity contribution is -0.132. The van der Waals surface area contributed by atoms with Crippen molar-refractivity contribution in [2.45, 2.75) is 38.6 Å². The molecule has 0 saturated carbocycles. The maximum atomic E-state index is 12.1. The summed E-state index contributed by atoms with van der Waals surface area (Å²) in [6, 6.07) is 7.89. The summed E-state index contributed by atoms with van der Waals surface area (Å²) >= 11 is 0. The van der Waals surface area contributed by atoms with Gasteiger partial charge in [-0.15, -0.1) is 0 Å². The van der Waals surface area contributed by atoms with Crippen LogP contribution in [0.4, 0.5) is 0 Å². The van der Waals surface area contributed by atoms with E-state index in [0.29, 0.717) is 13.0 Å². The van der Waals surface area contributed by atoms with E-state index in [1.165, 1.54) is 12.8 Å². The topological polar surface area (TPSA) is 40.5 Å². The Morgan fingerprint density at radius 2 is 1.85 bits per heavy atom. The molecule has 0 unspecified atom stereocenters. The Kier molecular flexibility index (Phi) is 5.64. The lowest BCUT2D eigenvalue weighted by Gasteiger charge is -2.25. The van der Waals surface area contributed by atoms with Crippen molar-refractivity contribution in [3.05, 3.63) is 35.4 Å².